The molecule has 0 unspecified atom stereocenters. The number of nitrogens with one attached hydrogen (secondary N) is 2. The summed E-state index contributed by atoms with van der Waals surface area (Å²) in [6, 6.07) is 14.0. The number of hydrazine groups is 1. The van der Waals surface area contributed by atoms with Gasteiger partial charge in [0.05, 0.1) is 5.92 Å². The molecule has 7 heteroatoms. The lowest BCUT2D eigenvalue weighted by Gasteiger charge is -2.20. The summed E-state index contributed by atoms with van der Waals surface area (Å²) in [5.74, 6) is -1.45. The van der Waals surface area contributed by atoms with E-state index in [1.165, 1.54) is 0 Å². The minimum atomic E-state index is -0.520. The standard InChI is InChI=1S/C20H20ClN3O3/c1-2-13-5-3-4-6-17(13)24-12-15(11-18(24)25)20(27)23-22-19(26)14-7-9-16(21)10-8-14/h3-10,15H,2,11-12H2,1H3,(H,22,26)(H,23,27)/t15-/m0/s1. The molecule has 1 aliphatic heterocycles. The van der Waals surface area contributed by atoms with Crippen molar-refractivity contribution >= 4 is 35.0 Å². The normalized spacial score (nSPS) is 16.3. The number of nitrogens with zero attached hydrogens (tertiary/aromatic N) is 1. The number of para-hydroxylation sites is 1. The molecule has 0 bridgehead atoms. The van der Waals surface area contributed by atoms with Crippen LogP contribution in [0.3, 0.4) is 0 Å². The van der Waals surface area contributed by atoms with Crippen molar-refractivity contribution in [3.63, 3.8) is 0 Å². The lowest BCUT2D eigenvalue weighted by Crippen LogP contribution is -2.45. The second-order valence-electron chi connectivity index (χ2n) is 6.34. The van der Waals surface area contributed by atoms with E-state index in [9.17, 15) is 14.4 Å². The van der Waals surface area contributed by atoms with E-state index in [4.69, 9.17) is 11.6 Å². The van der Waals surface area contributed by atoms with Gasteiger partial charge in [-0.1, -0.05) is 36.7 Å². The number of carbonyl (C=O) groups is 3. The first-order valence-electron chi connectivity index (χ1n) is 8.73. The number of hydrogen-bond acceptors (Lipinski definition) is 3. The molecule has 0 saturated carbocycles. The van der Waals surface area contributed by atoms with Crippen molar-refractivity contribution in [1.82, 2.24) is 10.9 Å². The first-order chi connectivity index (χ1) is 13.0. The fourth-order valence-corrected chi connectivity index (χ4v) is 3.21. The van der Waals surface area contributed by atoms with E-state index in [0.29, 0.717) is 17.1 Å². The van der Waals surface area contributed by atoms with Crippen LogP contribution in [0.5, 0.6) is 0 Å². The van der Waals surface area contributed by atoms with Gasteiger partial charge in [0.2, 0.25) is 11.8 Å². The summed E-state index contributed by atoms with van der Waals surface area (Å²) in [6.07, 6.45) is 0.911. The van der Waals surface area contributed by atoms with E-state index in [-0.39, 0.29) is 18.2 Å². The molecule has 2 aromatic carbocycles. The molecule has 6 nitrogen and oxygen atoms in total. The zero-order valence-corrected chi connectivity index (χ0v) is 15.6. The van der Waals surface area contributed by atoms with E-state index in [0.717, 1.165) is 17.7 Å². The van der Waals surface area contributed by atoms with Crippen molar-refractivity contribution in [3.8, 4) is 0 Å². The summed E-state index contributed by atoms with van der Waals surface area (Å²) in [7, 11) is 0. The van der Waals surface area contributed by atoms with Crippen molar-refractivity contribution in [1.29, 1.82) is 0 Å². The topological polar surface area (TPSA) is 78.5 Å². The largest absolute Gasteiger partial charge is 0.311 e. The molecule has 1 fully saturated rings. The number of amides is 3. The van der Waals surface area contributed by atoms with E-state index in [1.54, 1.807) is 29.2 Å². The van der Waals surface area contributed by atoms with Crippen LogP contribution >= 0.6 is 11.6 Å². The fourth-order valence-electron chi connectivity index (χ4n) is 3.08. The summed E-state index contributed by atoms with van der Waals surface area (Å²) in [4.78, 5) is 38.5. The quantitative estimate of drug-likeness (QED) is 0.794. The Morgan fingerprint density at radius 1 is 1.11 bits per heavy atom. The van der Waals surface area contributed by atoms with Gasteiger partial charge in [-0.05, 0) is 42.3 Å². The van der Waals surface area contributed by atoms with Crippen LogP contribution in [0, 0.1) is 5.92 Å². The summed E-state index contributed by atoms with van der Waals surface area (Å²) in [5, 5.41) is 0.521. The van der Waals surface area contributed by atoms with Crippen molar-refractivity contribution in [2.45, 2.75) is 19.8 Å². The average Bonchev–Trinajstić information content (AvgIpc) is 3.08. The molecule has 1 saturated heterocycles. The predicted octanol–water partition coefficient (Wildman–Crippen LogP) is 2.72. The van der Waals surface area contributed by atoms with Gasteiger partial charge >= 0.3 is 0 Å². The molecular weight excluding hydrogens is 366 g/mol. The molecular formula is C20H20ClN3O3. The van der Waals surface area contributed by atoms with Gasteiger partial charge in [-0.2, -0.15) is 0 Å². The number of halogens is 1. The molecule has 1 atom stereocenters. The van der Waals surface area contributed by atoms with Crippen LogP contribution in [-0.2, 0) is 16.0 Å². The van der Waals surface area contributed by atoms with Crippen LogP contribution in [0.2, 0.25) is 5.02 Å². The van der Waals surface area contributed by atoms with E-state index in [1.807, 2.05) is 31.2 Å². The number of hydrogen-bond donors (Lipinski definition) is 2. The first-order valence-corrected chi connectivity index (χ1v) is 9.11. The zero-order valence-electron chi connectivity index (χ0n) is 14.9. The third-order valence-electron chi connectivity index (χ3n) is 4.56. The molecule has 140 valence electrons. The monoisotopic (exact) mass is 385 g/mol. The van der Waals surface area contributed by atoms with Crippen LogP contribution in [0.4, 0.5) is 5.69 Å². The first kappa shape index (κ1) is 18.9. The Balaban J connectivity index is 1.60. The van der Waals surface area contributed by atoms with Gasteiger partial charge in [0.15, 0.2) is 0 Å². The third kappa shape index (κ3) is 4.28. The lowest BCUT2D eigenvalue weighted by atomic mass is 10.1. The summed E-state index contributed by atoms with van der Waals surface area (Å²) in [6.45, 7) is 2.31. The minimum absolute atomic E-state index is 0.0972. The van der Waals surface area contributed by atoms with Crippen molar-refractivity contribution in [2.75, 3.05) is 11.4 Å². The summed E-state index contributed by atoms with van der Waals surface area (Å²) in [5.41, 5.74) is 7.06. The average molecular weight is 386 g/mol. The van der Waals surface area contributed by atoms with Gasteiger partial charge in [-0.15, -0.1) is 0 Å². The highest BCUT2D eigenvalue weighted by molar-refractivity contribution is 6.30. The van der Waals surface area contributed by atoms with Gasteiger partial charge in [0.25, 0.3) is 5.91 Å². The van der Waals surface area contributed by atoms with Crippen LogP contribution in [-0.4, -0.2) is 24.3 Å². The Kier molecular flexibility index (Phi) is 5.76. The van der Waals surface area contributed by atoms with E-state index < -0.39 is 11.8 Å². The van der Waals surface area contributed by atoms with Crippen LogP contribution in [0.15, 0.2) is 48.5 Å². The predicted molar refractivity (Wildman–Crippen MR) is 103 cm³/mol. The molecule has 27 heavy (non-hydrogen) atoms. The molecule has 1 aliphatic rings. The highest BCUT2D eigenvalue weighted by Crippen LogP contribution is 2.28. The van der Waals surface area contributed by atoms with Gasteiger partial charge in [0.1, 0.15) is 0 Å². The highest BCUT2D eigenvalue weighted by atomic mass is 35.5. The molecule has 2 N–H and O–H groups in total. The van der Waals surface area contributed by atoms with Gasteiger partial charge in [-0.25, -0.2) is 0 Å². The van der Waals surface area contributed by atoms with E-state index >= 15 is 0 Å². The number of benzene rings is 2. The van der Waals surface area contributed by atoms with Crippen molar-refractivity contribution in [2.24, 2.45) is 5.92 Å². The molecule has 3 amide bonds. The molecule has 3 rings (SSSR count). The smallest absolute Gasteiger partial charge is 0.269 e. The Hall–Kier alpha value is -2.86. The van der Waals surface area contributed by atoms with Gasteiger partial charge < -0.3 is 4.90 Å². The number of rotatable bonds is 4. The fraction of sp³-hybridized carbons (Fsp3) is 0.250. The summed E-state index contributed by atoms with van der Waals surface area (Å²) >= 11 is 5.79. The maximum atomic E-state index is 12.4. The highest BCUT2D eigenvalue weighted by Gasteiger charge is 2.35. The lowest BCUT2D eigenvalue weighted by molar-refractivity contribution is -0.126. The molecule has 0 radical (unpaired) electrons. The van der Waals surface area contributed by atoms with Gasteiger partial charge in [-0.3, -0.25) is 25.2 Å². The SMILES string of the molecule is CCc1ccccc1N1C[C@@H](C(=O)NNC(=O)c2ccc(Cl)cc2)CC1=O. The van der Waals surface area contributed by atoms with Crippen LogP contribution in [0.25, 0.3) is 0 Å². The molecule has 0 spiro atoms. The number of anilines is 1. The second-order valence-corrected chi connectivity index (χ2v) is 6.77. The Bertz CT molecular complexity index is 867. The molecule has 0 aliphatic carbocycles. The van der Waals surface area contributed by atoms with Crippen molar-refractivity contribution < 1.29 is 14.4 Å². The molecule has 0 aromatic heterocycles. The minimum Gasteiger partial charge on any atom is -0.311 e. The third-order valence-corrected chi connectivity index (χ3v) is 4.82. The number of aryl methyl sites for hydroxylation is 1. The van der Waals surface area contributed by atoms with Crippen LogP contribution in [0.1, 0.15) is 29.3 Å². The van der Waals surface area contributed by atoms with Gasteiger partial charge in [0, 0.05) is 29.2 Å². The Labute approximate surface area is 162 Å². The summed E-state index contributed by atoms with van der Waals surface area (Å²) < 4.78 is 0. The van der Waals surface area contributed by atoms with E-state index in [2.05, 4.69) is 10.9 Å². The Morgan fingerprint density at radius 3 is 2.52 bits per heavy atom. The second kappa shape index (κ2) is 8.22. The maximum absolute atomic E-state index is 12.4. The molecule has 1 heterocycles. The zero-order chi connectivity index (χ0) is 19.4. The number of carbonyl (C=O) groups excluding carboxylic acids is 3. The molecule has 2 aromatic rings. The Morgan fingerprint density at radius 2 is 1.81 bits per heavy atom. The van der Waals surface area contributed by atoms with Crippen LogP contribution < -0.4 is 15.8 Å². The van der Waals surface area contributed by atoms with Crippen molar-refractivity contribution in [3.05, 3.63) is 64.7 Å². The maximum Gasteiger partial charge on any atom is 0.269 e.